The van der Waals surface area contributed by atoms with Crippen molar-refractivity contribution in [3.63, 3.8) is 0 Å². The zero-order valence-corrected chi connectivity index (χ0v) is 15.8. The number of esters is 1. The number of hydrogen-bond donors (Lipinski definition) is 2. The van der Waals surface area contributed by atoms with Crippen LogP contribution >= 0.6 is 0 Å². The van der Waals surface area contributed by atoms with Crippen LogP contribution in [0.5, 0.6) is 0 Å². The van der Waals surface area contributed by atoms with Gasteiger partial charge in [0, 0.05) is 35.8 Å². The van der Waals surface area contributed by atoms with E-state index >= 15 is 0 Å². The van der Waals surface area contributed by atoms with E-state index in [0.29, 0.717) is 11.3 Å². The molecule has 2 amide bonds. The normalized spacial score (nSPS) is 10.1. The molecule has 0 bridgehead atoms. The van der Waals surface area contributed by atoms with E-state index in [9.17, 15) is 24.5 Å². The fourth-order valence-corrected chi connectivity index (χ4v) is 2.44. The number of rotatable bonds is 9. The Kier molecular flexibility index (Phi) is 7.84. The molecule has 9 nitrogen and oxygen atoms in total. The number of nitrogens with one attached hydrogen (secondary N) is 2. The van der Waals surface area contributed by atoms with Crippen molar-refractivity contribution in [3.05, 3.63) is 64.2 Å². The minimum Gasteiger partial charge on any atom is -0.456 e. The van der Waals surface area contributed by atoms with E-state index in [1.54, 1.807) is 31.2 Å². The first-order chi connectivity index (χ1) is 13.8. The Morgan fingerprint density at radius 3 is 2.34 bits per heavy atom. The van der Waals surface area contributed by atoms with Crippen LogP contribution < -0.4 is 10.6 Å². The highest BCUT2D eigenvalue weighted by Gasteiger charge is 2.13. The third-order valence-corrected chi connectivity index (χ3v) is 3.90. The Balaban J connectivity index is 1.68. The maximum absolute atomic E-state index is 11.8. The Hall–Kier alpha value is -3.75. The maximum atomic E-state index is 11.8. The minimum atomic E-state index is -0.613. The second-order valence-electron chi connectivity index (χ2n) is 6.23. The molecule has 29 heavy (non-hydrogen) atoms. The molecule has 0 aromatic heterocycles. The van der Waals surface area contributed by atoms with E-state index < -0.39 is 23.4 Å². The fourth-order valence-electron chi connectivity index (χ4n) is 2.44. The second kappa shape index (κ2) is 10.5. The highest BCUT2D eigenvalue weighted by molar-refractivity contribution is 5.93. The lowest BCUT2D eigenvalue weighted by Crippen LogP contribution is -2.21. The minimum absolute atomic E-state index is 0.00844. The van der Waals surface area contributed by atoms with E-state index in [4.69, 9.17) is 4.74 Å². The molecule has 9 heteroatoms. The van der Waals surface area contributed by atoms with Crippen LogP contribution in [0.1, 0.15) is 24.8 Å². The van der Waals surface area contributed by atoms with Crippen molar-refractivity contribution >= 4 is 34.8 Å². The number of carbonyl (C=O) groups excluding carboxylic acids is 3. The average molecular weight is 399 g/mol. The molecule has 0 fully saturated rings. The molecule has 2 rings (SSSR count). The van der Waals surface area contributed by atoms with Crippen LogP contribution in [0.4, 0.5) is 17.1 Å². The van der Waals surface area contributed by atoms with E-state index in [2.05, 4.69) is 10.6 Å². The number of carbonyl (C=O) groups is 3. The number of nitro groups is 1. The summed E-state index contributed by atoms with van der Waals surface area (Å²) in [4.78, 5) is 45.7. The summed E-state index contributed by atoms with van der Waals surface area (Å²) in [6.45, 7) is 1.07. The summed E-state index contributed by atoms with van der Waals surface area (Å²) in [7, 11) is 0. The molecule has 2 N–H and O–H groups in total. The van der Waals surface area contributed by atoms with Crippen molar-refractivity contribution in [1.29, 1.82) is 0 Å². The molecule has 0 unspecified atom stereocenters. The lowest BCUT2D eigenvalue weighted by molar-refractivity contribution is -0.385. The van der Waals surface area contributed by atoms with Gasteiger partial charge in [-0.15, -0.1) is 0 Å². The van der Waals surface area contributed by atoms with E-state index in [-0.39, 0.29) is 36.5 Å². The van der Waals surface area contributed by atoms with Crippen molar-refractivity contribution in [1.82, 2.24) is 0 Å². The summed E-state index contributed by atoms with van der Waals surface area (Å²) in [5.41, 5.74) is 1.26. The number of anilines is 2. The third-order valence-electron chi connectivity index (χ3n) is 3.90. The van der Waals surface area contributed by atoms with Crippen LogP contribution in [-0.4, -0.2) is 29.3 Å². The summed E-state index contributed by atoms with van der Waals surface area (Å²) < 4.78 is 4.86. The lowest BCUT2D eigenvalue weighted by Gasteiger charge is -2.08. The summed E-state index contributed by atoms with van der Waals surface area (Å²) >= 11 is 0. The van der Waals surface area contributed by atoms with Gasteiger partial charge in [0.05, 0.1) is 4.92 Å². The monoisotopic (exact) mass is 399 g/mol. The van der Waals surface area contributed by atoms with Gasteiger partial charge < -0.3 is 15.4 Å². The van der Waals surface area contributed by atoms with Gasteiger partial charge in [-0.3, -0.25) is 24.5 Å². The van der Waals surface area contributed by atoms with Crippen molar-refractivity contribution in [2.24, 2.45) is 0 Å². The molecule has 0 atom stereocenters. The number of para-hydroxylation sites is 1. The van der Waals surface area contributed by atoms with Crippen LogP contribution in [0.3, 0.4) is 0 Å². The van der Waals surface area contributed by atoms with Crippen molar-refractivity contribution in [2.45, 2.75) is 26.2 Å². The van der Waals surface area contributed by atoms with Crippen LogP contribution in [0.25, 0.3) is 0 Å². The molecule has 0 heterocycles. The standard InChI is InChI=1S/C20H21N3O6/c1-14-10-11-16(12-17(14)23(27)28)22-19(25)13-29-20(26)9-5-8-18(24)21-15-6-3-2-4-7-15/h2-4,6-7,10-12H,5,8-9,13H2,1H3,(H,21,24)(H,22,25). The Morgan fingerprint density at radius 2 is 1.66 bits per heavy atom. The number of amides is 2. The Labute approximate surface area is 167 Å². The van der Waals surface area contributed by atoms with Crippen molar-refractivity contribution < 1.29 is 24.0 Å². The van der Waals surface area contributed by atoms with Gasteiger partial charge in [-0.25, -0.2) is 0 Å². The molecule has 0 aliphatic rings. The topological polar surface area (TPSA) is 128 Å². The molecule has 0 spiro atoms. The summed E-state index contributed by atoms with van der Waals surface area (Å²) in [5.74, 6) is -1.44. The van der Waals surface area contributed by atoms with Gasteiger partial charge in [0.15, 0.2) is 6.61 Å². The zero-order chi connectivity index (χ0) is 21.2. The van der Waals surface area contributed by atoms with Gasteiger partial charge in [0.1, 0.15) is 0 Å². The fraction of sp³-hybridized carbons (Fsp3) is 0.250. The van der Waals surface area contributed by atoms with Crippen LogP contribution in [0, 0.1) is 17.0 Å². The van der Waals surface area contributed by atoms with E-state index in [0.717, 1.165) is 0 Å². The highest BCUT2D eigenvalue weighted by Crippen LogP contribution is 2.22. The first-order valence-corrected chi connectivity index (χ1v) is 8.90. The number of hydrogen-bond acceptors (Lipinski definition) is 6. The number of benzene rings is 2. The van der Waals surface area contributed by atoms with Crippen LogP contribution in [0.2, 0.25) is 0 Å². The molecular formula is C20H21N3O6. The Morgan fingerprint density at radius 1 is 0.966 bits per heavy atom. The SMILES string of the molecule is Cc1ccc(NC(=O)COC(=O)CCCC(=O)Nc2ccccc2)cc1[N+](=O)[O-]. The average Bonchev–Trinajstić information content (AvgIpc) is 2.68. The highest BCUT2D eigenvalue weighted by atomic mass is 16.6. The predicted molar refractivity (Wildman–Crippen MR) is 106 cm³/mol. The summed E-state index contributed by atoms with van der Waals surface area (Å²) in [6.07, 6.45) is 0.415. The maximum Gasteiger partial charge on any atom is 0.306 e. The predicted octanol–water partition coefficient (Wildman–Crippen LogP) is 3.19. The molecule has 0 radical (unpaired) electrons. The molecule has 0 aliphatic heterocycles. The first kappa shape index (κ1) is 21.5. The molecule has 2 aromatic rings. The zero-order valence-electron chi connectivity index (χ0n) is 15.8. The third kappa shape index (κ3) is 7.41. The smallest absolute Gasteiger partial charge is 0.306 e. The number of nitrogens with zero attached hydrogens (tertiary/aromatic N) is 1. The summed E-state index contributed by atoms with van der Waals surface area (Å²) in [5, 5.41) is 16.1. The molecular weight excluding hydrogens is 378 g/mol. The van der Waals surface area contributed by atoms with Gasteiger partial charge in [-0.2, -0.15) is 0 Å². The van der Waals surface area contributed by atoms with Gasteiger partial charge in [-0.1, -0.05) is 24.3 Å². The van der Waals surface area contributed by atoms with E-state index in [1.165, 1.54) is 18.2 Å². The van der Waals surface area contributed by atoms with Gasteiger partial charge in [0.25, 0.3) is 11.6 Å². The second-order valence-corrected chi connectivity index (χ2v) is 6.23. The van der Waals surface area contributed by atoms with Crippen molar-refractivity contribution in [2.75, 3.05) is 17.2 Å². The molecule has 0 aliphatic carbocycles. The number of nitro benzene ring substituents is 1. The number of aryl methyl sites for hydroxylation is 1. The molecule has 152 valence electrons. The molecule has 0 saturated carbocycles. The summed E-state index contributed by atoms with van der Waals surface area (Å²) in [6, 6.07) is 13.2. The quantitative estimate of drug-likeness (QED) is 0.379. The van der Waals surface area contributed by atoms with E-state index in [1.807, 2.05) is 6.07 Å². The lowest BCUT2D eigenvalue weighted by atomic mass is 10.2. The van der Waals surface area contributed by atoms with Gasteiger partial charge in [0.2, 0.25) is 5.91 Å². The van der Waals surface area contributed by atoms with Crippen LogP contribution in [-0.2, 0) is 19.1 Å². The molecule has 0 saturated heterocycles. The largest absolute Gasteiger partial charge is 0.456 e. The van der Waals surface area contributed by atoms with Crippen LogP contribution in [0.15, 0.2) is 48.5 Å². The number of ether oxygens (including phenoxy) is 1. The van der Waals surface area contributed by atoms with Gasteiger partial charge >= 0.3 is 5.97 Å². The van der Waals surface area contributed by atoms with Crippen molar-refractivity contribution in [3.8, 4) is 0 Å². The molecule has 2 aromatic carbocycles. The van der Waals surface area contributed by atoms with Gasteiger partial charge in [-0.05, 0) is 31.5 Å². The Bertz CT molecular complexity index is 898. The first-order valence-electron chi connectivity index (χ1n) is 8.90.